The summed E-state index contributed by atoms with van der Waals surface area (Å²) in [7, 11) is 0. The van der Waals surface area contributed by atoms with E-state index in [0.29, 0.717) is 0 Å². The van der Waals surface area contributed by atoms with Crippen LogP contribution < -0.4 is 16.6 Å². The molecular weight excluding hydrogens is 169 g/mol. The number of benzene rings is 1. The molecule has 1 saturated heterocycles. The van der Waals surface area contributed by atoms with Crippen LogP contribution in [0.4, 0.5) is 4.39 Å². The first kappa shape index (κ1) is 8.62. The van der Waals surface area contributed by atoms with Gasteiger partial charge in [-0.05, 0) is 24.1 Å². The number of rotatable bonds is 1. The molecule has 0 amide bonds. The third-order valence-electron chi connectivity index (χ3n) is 2.18. The Bertz CT molecular complexity index is 303. The van der Waals surface area contributed by atoms with Crippen LogP contribution in [0.3, 0.4) is 0 Å². The van der Waals surface area contributed by atoms with Gasteiger partial charge in [0.25, 0.3) is 0 Å². The Hall–Kier alpha value is -0.970. The third-order valence-corrected chi connectivity index (χ3v) is 2.18. The zero-order valence-electron chi connectivity index (χ0n) is 7.13. The minimum absolute atomic E-state index is 0.0479. The Morgan fingerprint density at radius 3 is 2.85 bits per heavy atom. The number of hydrogen-bond donors (Lipinski definition) is 3. The van der Waals surface area contributed by atoms with Crippen molar-refractivity contribution in [1.82, 2.24) is 10.9 Å². The normalized spacial score (nSPS) is 27.8. The van der Waals surface area contributed by atoms with Gasteiger partial charge in [-0.25, -0.2) is 15.2 Å². The lowest BCUT2D eigenvalue weighted by Crippen LogP contribution is -2.36. The van der Waals surface area contributed by atoms with E-state index in [1.807, 2.05) is 6.07 Å². The highest BCUT2D eigenvalue weighted by atomic mass is 19.1. The quantitative estimate of drug-likeness (QED) is 0.596. The van der Waals surface area contributed by atoms with Crippen molar-refractivity contribution in [2.45, 2.75) is 18.6 Å². The molecule has 1 aromatic rings. The third kappa shape index (κ3) is 1.85. The molecular formula is C9H12FN3. The molecule has 0 saturated carbocycles. The average Bonchev–Trinajstić information content (AvgIpc) is 2.52. The molecule has 13 heavy (non-hydrogen) atoms. The van der Waals surface area contributed by atoms with Gasteiger partial charge in [-0.1, -0.05) is 12.1 Å². The molecule has 4 heteroatoms. The smallest absolute Gasteiger partial charge is 0.123 e. The summed E-state index contributed by atoms with van der Waals surface area (Å²) < 4.78 is 12.8. The molecule has 0 radical (unpaired) electrons. The second-order valence-electron chi connectivity index (χ2n) is 3.24. The largest absolute Gasteiger partial charge is 0.315 e. The summed E-state index contributed by atoms with van der Waals surface area (Å²) >= 11 is 0. The SMILES string of the molecule is NC1CC(c2cccc(F)c2)NN1. The van der Waals surface area contributed by atoms with Gasteiger partial charge in [-0.2, -0.15) is 0 Å². The fourth-order valence-corrected chi connectivity index (χ4v) is 1.52. The number of halogens is 1. The van der Waals surface area contributed by atoms with E-state index in [0.717, 1.165) is 12.0 Å². The first-order valence-corrected chi connectivity index (χ1v) is 4.28. The maximum Gasteiger partial charge on any atom is 0.123 e. The monoisotopic (exact) mass is 181 g/mol. The molecule has 1 fully saturated rings. The molecule has 0 aromatic heterocycles. The van der Waals surface area contributed by atoms with Crippen molar-refractivity contribution in [2.75, 3.05) is 0 Å². The zero-order chi connectivity index (χ0) is 9.26. The minimum Gasteiger partial charge on any atom is -0.315 e. The first-order chi connectivity index (χ1) is 6.25. The molecule has 2 rings (SSSR count). The van der Waals surface area contributed by atoms with E-state index in [4.69, 9.17) is 5.73 Å². The molecule has 1 heterocycles. The number of hydrogen-bond acceptors (Lipinski definition) is 3. The maximum atomic E-state index is 12.8. The highest BCUT2D eigenvalue weighted by Crippen LogP contribution is 2.20. The molecule has 0 aliphatic carbocycles. The van der Waals surface area contributed by atoms with Crippen LogP contribution in [0.25, 0.3) is 0 Å². The Morgan fingerprint density at radius 1 is 1.38 bits per heavy atom. The molecule has 70 valence electrons. The molecule has 2 atom stereocenters. The van der Waals surface area contributed by atoms with Crippen LogP contribution in [0.1, 0.15) is 18.0 Å². The summed E-state index contributed by atoms with van der Waals surface area (Å²) in [5, 5.41) is 0. The average molecular weight is 181 g/mol. The lowest BCUT2D eigenvalue weighted by atomic mass is 10.0. The van der Waals surface area contributed by atoms with Gasteiger partial charge in [0.1, 0.15) is 5.82 Å². The fraction of sp³-hybridized carbons (Fsp3) is 0.333. The van der Waals surface area contributed by atoms with Crippen molar-refractivity contribution in [2.24, 2.45) is 5.73 Å². The molecule has 1 aliphatic heterocycles. The van der Waals surface area contributed by atoms with E-state index in [1.165, 1.54) is 12.1 Å². The second-order valence-corrected chi connectivity index (χ2v) is 3.24. The van der Waals surface area contributed by atoms with Gasteiger partial charge >= 0.3 is 0 Å². The van der Waals surface area contributed by atoms with Gasteiger partial charge in [-0.3, -0.25) is 0 Å². The zero-order valence-corrected chi connectivity index (χ0v) is 7.13. The van der Waals surface area contributed by atoms with Crippen LogP contribution in [-0.4, -0.2) is 6.17 Å². The number of nitrogens with one attached hydrogen (secondary N) is 2. The van der Waals surface area contributed by atoms with Crippen LogP contribution in [0.2, 0.25) is 0 Å². The Kier molecular flexibility index (Phi) is 2.26. The molecule has 0 spiro atoms. The number of nitrogens with two attached hydrogens (primary N) is 1. The predicted molar refractivity (Wildman–Crippen MR) is 48.0 cm³/mol. The van der Waals surface area contributed by atoms with Gasteiger partial charge in [0.2, 0.25) is 0 Å². The Balaban J connectivity index is 2.16. The molecule has 1 aromatic carbocycles. The predicted octanol–water partition coefficient (Wildman–Crippen LogP) is 0.649. The van der Waals surface area contributed by atoms with Gasteiger partial charge in [0, 0.05) is 6.04 Å². The van der Waals surface area contributed by atoms with Gasteiger partial charge < -0.3 is 5.73 Å². The van der Waals surface area contributed by atoms with Crippen molar-refractivity contribution < 1.29 is 4.39 Å². The summed E-state index contributed by atoms with van der Waals surface area (Å²) in [6.07, 6.45) is 0.733. The first-order valence-electron chi connectivity index (χ1n) is 4.28. The van der Waals surface area contributed by atoms with E-state index in [-0.39, 0.29) is 18.0 Å². The Labute approximate surface area is 76.1 Å². The van der Waals surface area contributed by atoms with Crippen LogP contribution in [-0.2, 0) is 0 Å². The van der Waals surface area contributed by atoms with Gasteiger partial charge in [0.15, 0.2) is 0 Å². The van der Waals surface area contributed by atoms with E-state index in [2.05, 4.69) is 10.9 Å². The number of hydrazine groups is 1. The summed E-state index contributed by atoms with van der Waals surface area (Å²) in [4.78, 5) is 0. The summed E-state index contributed by atoms with van der Waals surface area (Å²) in [5.41, 5.74) is 12.5. The second kappa shape index (κ2) is 3.41. The van der Waals surface area contributed by atoms with E-state index >= 15 is 0 Å². The summed E-state index contributed by atoms with van der Waals surface area (Å²) in [5.74, 6) is -0.209. The topological polar surface area (TPSA) is 50.1 Å². The van der Waals surface area contributed by atoms with Crippen LogP contribution >= 0.6 is 0 Å². The van der Waals surface area contributed by atoms with Crippen molar-refractivity contribution in [3.8, 4) is 0 Å². The maximum absolute atomic E-state index is 12.8. The van der Waals surface area contributed by atoms with E-state index in [9.17, 15) is 4.39 Å². The lowest BCUT2D eigenvalue weighted by Gasteiger charge is -2.08. The highest BCUT2D eigenvalue weighted by molar-refractivity contribution is 5.20. The van der Waals surface area contributed by atoms with E-state index < -0.39 is 0 Å². The molecule has 0 bridgehead atoms. The standard InChI is InChI=1S/C9H12FN3/c10-7-3-1-2-6(4-7)8-5-9(11)13-12-8/h1-4,8-9,12-13H,5,11H2. The lowest BCUT2D eigenvalue weighted by molar-refractivity contribution is 0.549. The van der Waals surface area contributed by atoms with Crippen molar-refractivity contribution >= 4 is 0 Å². The highest BCUT2D eigenvalue weighted by Gasteiger charge is 2.21. The fourth-order valence-electron chi connectivity index (χ4n) is 1.52. The van der Waals surface area contributed by atoms with Crippen molar-refractivity contribution in [3.63, 3.8) is 0 Å². The molecule has 2 unspecified atom stereocenters. The summed E-state index contributed by atoms with van der Waals surface area (Å²) in [6, 6.07) is 6.67. The van der Waals surface area contributed by atoms with Crippen molar-refractivity contribution in [3.05, 3.63) is 35.6 Å². The Morgan fingerprint density at radius 2 is 2.23 bits per heavy atom. The van der Waals surface area contributed by atoms with Crippen LogP contribution in [0.15, 0.2) is 24.3 Å². The molecule has 1 aliphatic rings. The minimum atomic E-state index is -0.209. The molecule has 4 N–H and O–H groups in total. The van der Waals surface area contributed by atoms with Crippen molar-refractivity contribution in [1.29, 1.82) is 0 Å². The summed E-state index contributed by atoms with van der Waals surface area (Å²) in [6.45, 7) is 0. The van der Waals surface area contributed by atoms with Crippen LogP contribution in [0.5, 0.6) is 0 Å². The van der Waals surface area contributed by atoms with Gasteiger partial charge in [0.05, 0.1) is 6.17 Å². The molecule has 3 nitrogen and oxygen atoms in total. The van der Waals surface area contributed by atoms with Gasteiger partial charge in [-0.15, -0.1) is 0 Å². The van der Waals surface area contributed by atoms with E-state index in [1.54, 1.807) is 6.07 Å². The van der Waals surface area contributed by atoms with Crippen LogP contribution in [0, 0.1) is 5.82 Å².